The van der Waals surface area contributed by atoms with Gasteiger partial charge in [0.25, 0.3) is 11.5 Å². The SMILES string of the molecule is Cn1ccc(C(=O)N2CCc3c(N)cccc3C2)cc1=O. The number of nitrogen functional groups attached to an aromatic ring is 1. The Hall–Kier alpha value is -2.56. The monoisotopic (exact) mass is 283 g/mol. The quantitative estimate of drug-likeness (QED) is 0.799. The summed E-state index contributed by atoms with van der Waals surface area (Å²) in [7, 11) is 1.66. The Labute approximate surface area is 122 Å². The average Bonchev–Trinajstić information content (AvgIpc) is 2.49. The van der Waals surface area contributed by atoms with Gasteiger partial charge in [-0.05, 0) is 29.7 Å². The number of aromatic nitrogens is 1. The van der Waals surface area contributed by atoms with E-state index in [9.17, 15) is 9.59 Å². The molecule has 1 aromatic carbocycles. The first kappa shape index (κ1) is 13.4. The van der Waals surface area contributed by atoms with E-state index >= 15 is 0 Å². The van der Waals surface area contributed by atoms with Gasteiger partial charge in [0.1, 0.15) is 0 Å². The molecule has 21 heavy (non-hydrogen) atoms. The molecule has 1 aromatic heterocycles. The zero-order chi connectivity index (χ0) is 15.0. The lowest BCUT2D eigenvalue weighted by atomic mass is 9.97. The molecule has 5 heteroatoms. The number of benzene rings is 1. The maximum Gasteiger partial charge on any atom is 0.254 e. The molecule has 1 amide bonds. The van der Waals surface area contributed by atoms with Gasteiger partial charge in [-0.2, -0.15) is 0 Å². The normalized spacial score (nSPS) is 13.9. The number of nitrogens with zero attached hydrogens (tertiary/aromatic N) is 2. The van der Waals surface area contributed by atoms with Crippen LogP contribution >= 0.6 is 0 Å². The van der Waals surface area contributed by atoms with Crippen molar-refractivity contribution in [1.29, 1.82) is 0 Å². The second-order valence-electron chi connectivity index (χ2n) is 5.33. The number of aryl methyl sites for hydroxylation is 1. The lowest BCUT2D eigenvalue weighted by Crippen LogP contribution is -2.36. The van der Waals surface area contributed by atoms with E-state index in [-0.39, 0.29) is 11.5 Å². The van der Waals surface area contributed by atoms with Crippen LogP contribution in [0.2, 0.25) is 0 Å². The molecule has 0 fully saturated rings. The van der Waals surface area contributed by atoms with Crippen LogP contribution in [0.15, 0.2) is 41.3 Å². The highest BCUT2D eigenvalue weighted by Crippen LogP contribution is 2.24. The average molecular weight is 283 g/mol. The number of nitrogens with two attached hydrogens (primary N) is 1. The molecule has 0 atom stereocenters. The molecular weight excluding hydrogens is 266 g/mol. The van der Waals surface area contributed by atoms with Crippen molar-refractivity contribution in [3.8, 4) is 0 Å². The van der Waals surface area contributed by atoms with Gasteiger partial charge < -0.3 is 15.2 Å². The smallest absolute Gasteiger partial charge is 0.254 e. The van der Waals surface area contributed by atoms with Gasteiger partial charge in [0.15, 0.2) is 0 Å². The molecule has 0 unspecified atom stereocenters. The van der Waals surface area contributed by atoms with E-state index in [1.807, 2.05) is 18.2 Å². The van der Waals surface area contributed by atoms with Crippen molar-refractivity contribution >= 4 is 11.6 Å². The van der Waals surface area contributed by atoms with Crippen molar-refractivity contribution < 1.29 is 4.79 Å². The van der Waals surface area contributed by atoms with E-state index in [4.69, 9.17) is 5.73 Å². The van der Waals surface area contributed by atoms with Gasteiger partial charge in [0.2, 0.25) is 0 Å². The number of anilines is 1. The number of hydrogen-bond donors (Lipinski definition) is 1. The molecule has 1 aliphatic rings. The molecule has 0 bridgehead atoms. The topological polar surface area (TPSA) is 68.3 Å². The van der Waals surface area contributed by atoms with Crippen molar-refractivity contribution in [2.75, 3.05) is 12.3 Å². The highest BCUT2D eigenvalue weighted by atomic mass is 16.2. The molecule has 1 aliphatic heterocycles. The molecule has 0 spiro atoms. The number of rotatable bonds is 1. The fraction of sp³-hybridized carbons (Fsp3) is 0.250. The van der Waals surface area contributed by atoms with Crippen LogP contribution in [0, 0.1) is 0 Å². The van der Waals surface area contributed by atoms with Crippen LogP contribution < -0.4 is 11.3 Å². The minimum Gasteiger partial charge on any atom is -0.398 e. The Kier molecular flexibility index (Phi) is 3.25. The molecule has 5 nitrogen and oxygen atoms in total. The van der Waals surface area contributed by atoms with Crippen molar-refractivity contribution in [2.45, 2.75) is 13.0 Å². The molecule has 108 valence electrons. The molecular formula is C16H17N3O2. The van der Waals surface area contributed by atoms with Crippen LogP contribution in [-0.2, 0) is 20.0 Å². The van der Waals surface area contributed by atoms with Crippen LogP contribution in [0.4, 0.5) is 5.69 Å². The molecule has 3 rings (SSSR count). The third-order valence-corrected chi connectivity index (χ3v) is 3.94. The van der Waals surface area contributed by atoms with Crippen LogP contribution in [0.25, 0.3) is 0 Å². The van der Waals surface area contributed by atoms with Crippen LogP contribution in [0.1, 0.15) is 21.5 Å². The predicted octanol–water partition coefficient (Wildman–Crippen LogP) is 1.17. The summed E-state index contributed by atoms with van der Waals surface area (Å²) in [6.07, 6.45) is 2.37. The summed E-state index contributed by atoms with van der Waals surface area (Å²) in [5.74, 6) is -0.110. The highest BCUT2D eigenvalue weighted by Gasteiger charge is 2.23. The van der Waals surface area contributed by atoms with Gasteiger partial charge in [-0.1, -0.05) is 12.1 Å². The van der Waals surface area contributed by atoms with E-state index in [0.717, 1.165) is 23.2 Å². The van der Waals surface area contributed by atoms with Crippen LogP contribution in [0.5, 0.6) is 0 Å². The maximum atomic E-state index is 12.5. The molecule has 2 N–H and O–H groups in total. The van der Waals surface area contributed by atoms with Gasteiger partial charge in [-0.25, -0.2) is 0 Å². The van der Waals surface area contributed by atoms with E-state index in [1.54, 1.807) is 24.2 Å². The molecule has 0 saturated heterocycles. The summed E-state index contributed by atoms with van der Waals surface area (Å²) in [6, 6.07) is 8.85. The summed E-state index contributed by atoms with van der Waals surface area (Å²) in [5.41, 5.74) is 9.22. The van der Waals surface area contributed by atoms with Crippen molar-refractivity contribution in [3.63, 3.8) is 0 Å². The number of carbonyl (C=O) groups is 1. The second-order valence-corrected chi connectivity index (χ2v) is 5.33. The Morgan fingerprint density at radius 3 is 2.86 bits per heavy atom. The van der Waals surface area contributed by atoms with E-state index in [1.165, 1.54) is 10.6 Å². The molecule has 0 aliphatic carbocycles. The molecule has 2 heterocycles. The fourth-order valence-corrected chi connectivity index (χ4v) is 2.68. The molecule has 0 radical (unpaired) electrons. The second kappa shape index (κ2) is 5.09. The standard InChI is InChI=1S/C16H17N3O2/c1-18-7-5-11(9-15(18)20)16(21)19-8-6-13-12(10-19)3-2-4-14(13)17/h2-5,7,9H,6,8,10,17H2,1H3. The zero-order valence-corrected chi connectivity index (χ0v) is 11.9. The molecule has 0 saturated carbocycles. The van der Waals surface area contributed by atoms with Crippen LogP contribution in [0.3, 0.4) is 0 Å². The van der Waals surface area contributed by atoms with Crippen LogP contribution in [-0.4, -0.2) is 21.9 Å². The van der Waals surface area contributed by atoms with Gasteiger partial charge in [0.05, 0.1) is 0 Å². The summed E-state index contributed by atoms with van der Waals surface area (Å²) in [4.78, 5) is 25.9. The minimum absolute atomic E-state index is 0.110. The maximum absolute atomic E-state index is 12.5. The summed E-state index contributed by atoms with van der Waals surface area (Å²) >= 11 is 0. The Morgan fingerprint density at radius 1 is 1.29 bits per heavy atom. The lowest BCUT2D eigenvalue weighted by molar-refractivity contribution is 0.0734. The highest BCUT2D eigenvalue weighted by molar-refractivity contribution is 5.94. The first-order valence-corrected chi connectivity index (χ1v) is 6.88. The lowest BCUT2D eigenvalue weighted by Gasteiger charge is -2.29. The Balaban J connectivity index is 1.87. The number of fused-ring (bicyclic) bond motifs is 1. The third kappa shape index (κ3) is 2.42. The van der Waals surface area contributed by atoms with Gasteiger partial charge in [-0.3, -0.25) is 9.59 Å². The largest absolute Gasteiger partial charge is 0.398 e. The van der Waals surface area contributed by atoms with Gasteiger partial charge >= 0.3 is 0 Å². The van der Waals surface area contributed by atoms with E-state index in [2.05, 4.69) is 0 Å². The zero-order valence-electron chi connectivity index (χ0n) is 11.9. The third-order valence-electron chi connectivity index (χ3n) is 3.94. The minimum atomic E-state index is -0.178. The first-order chi connectivity index (χ1) is 10.1. The summed E-state index contributed by atoms with van der Waals surface area (Å²) in [5, 5.41) is 0. The number of carbonyl (C=O) groups excluding carboxylic acids is 1. The van der Waals surface area contributed by atoms with Crippen molar-refractivity contribution in [1.82, 2.24) is 9.47 Å². The van der Waals surface area contributed by atoms with E-state index < -0.39 is 0 Å². The number of hydrogen-bond acceptors (Lipinski definition) is 3. The fourth-order valence-electron chi connectivity index (χ4n) is 2.68. The Morgan fingerprint density at radius 2 is 2.10 bits per heavy atom. The number of pyridine rings is 1. The van der Waals surface area contributed by atoms with Gasteiger partial charge in [-0.15, -0.1) is 0 Å². The Bertz CT molecular complexity index is 764. The van der Waals surface area contributed by atoms with E-state index in [0.29, 0.717) is 18.7 Å². The summed E-state index contributed by atoms with van der Waals surface area (Å²) < 4.78 is 1.45. The number of amides is 1. The first-order valence-electron chi connectivity index (χ1n) is 6.88. The molecule has 2 aromatic rings. The van der Waals surface area contributed by atoms with Crippen molar-refractivity contribution in [3.05, 3.63) is 63.6 Å². The van der Waals surface area contributed by atoms with Gasteiger partial charge in [0, 0.05) is 43.7 Å². The van der Waals surface area contributed by atoms with Crippen molar-refractivity contribution in [2.24, 2.45) is 7.05 Å². The summed E-state index contributed by atoms with van der Waals surface area (Å²) in [6.45, 7) is 1.16. The predicted molar refractivity (Wildman–Crippen MR) is 81.0 cm³/mol.